The average Bonchev–Trinajstić information content (AvgIpc) is 2.31. The van der Waals surface area contributed by atoms with Crippen LogP contribution in [-0.2, 0) is 9.59 Å². The minimum atomic E-state index is -0.660. The van der Waals surface area contributed by atoms with E-state index in [4.69, 9.17) is 0 Å². The molecule has 1 aliphatic rings. The Balaban J connectivity index is 2.40. The molecule has 0 radical (unpaired) electrons. The first-order valence-electron chi connectivity index (χ1n) is 6.26. The molecule has 1 N–H and O–H groups in total. The highest BCUT2D eigenvalue weighted by molar-refractivity contribution is 9.10. The standard InChI is InChI=1S/C14H16BrFN2O2/c1-14(2,3)12-13(20)18(7-11(19)17-12)10-5-4-8(15)6-9(10)16/h4-6,12H,7H2,1-3H3,(H,17,19). The lowest BCUT2D eigenvalue weighted by molar-refractivity contribution is -0.133. The fourth-order valence-electron chi connectivity index (χ4n) is 2.14. The molecule has 1 saturated heterocycles. The highest BCUT2D eigenvalue weighted by atomic mass is 79.9. The van der Waals surface area contributed by atoms with Gasteiger partial charge in [-0.1, -0.05) is 36.7 Å². The Morgan fingerprint density at radius 1 is 1.35 bits per heavy atom. The van der Waals surface area contributed by atoms with Gasteiger partial charge in [-0.25, -0.2) is 4.39 Å². The van der Waals surface area contributed by atoms with Crippen molar-refractivity contribution in [3.63, 3.8) is 0 Å². The number of nitrogens with one attached hydrogen (secondary N) is 1. The number of nitrogens with zero attached hydrogens (tertiary/aromatic N) is 1. The Morgan fingerprint density at radius 3 is 2.55 bits per heavy atom. The van der Waals surface area contributed by atoms with Crippen molar-refractivity contribution >= 4 is 33.4 Å². The Bertz CT molecular complexity index is 569. The van der Waals surface area contributed by atoms with Crippen molar-refractivity contribution in [1.82, 2.24) is 5.32 Å². The third-order valence-electron chi connectivity index (χ3n) is 3.19. The largest absolute Gasteiger partial charge is 0.342 e. The molecule has 1 aliphatic heterocycles. The van der Waals surface area contributed by atoms with Crippen molar-refractivity contribution in [1.29, 1.82) is 0 Å². The predicted octanol–water partition coefficient (Wildman–Crippen LogP) is 2.47. The molecule has 4 nitrogen and oxygen atoms in total. The van der Waals surface area contributed by atoms with Gasteiger partial charge in [0.25, 0.3) is 5.91 Å². The molecule has 1 fully saturated rings. The minimum Gasteiger partial charge on any atom is -0.342 e. The van der Waals surface area contributed by atoms with Crippen molar-refractivity contribution in [2.75, 3.05) is 11.4 Å². The van der Waals surface area contributed by atoms with Crippen LogP contribution in [0.2, 0.25) is 0 Å². The van der Waals surface area contributed by atoms with Crippen LogP contribution in [0.15, 0.2) is 22.7 Å². The van der Waals surface area contributed by atoms with Crippen LogP contribution < -0.4 is 10.2 Å². The molecule has 1 heterocycles. The van der Waals surface area contributed by atoms with E-state index in [0.717, 1.165) is 0 Å². The third kappa shape index (κ3) is 2.85. The van der Waals surface area contributed by atoms with Crippen LogP contribution in [0.5, 0.6) is 0 Å². The van der Waals surface area contributed by atoms with E-state index in [0.29, 0.717) is 4.47 Å². The van der Waals surface area contributed by atoms with Gasteiger partial charge in [-0.3, -0.25) is 14.5 Å². The Morgan fingerprint density at radius 2 is 2.00 bits per heavy atom. The van der Waals surface area contributed by atoms with E-state index in [2.05, 4.69) is 21.2 Å². The quantitative estimate of drug-likeness (QED) is 0.852. The number of carbonyl (C=O) groups excluding carboxylic acids is 2. The zero-order valence-electron chi connectivity index (χ0n) is 11.5. The van der Waals surface area contributed by atoms with Crippen LogP contribution in [0, 0.1) is 11.2 Å². The first kappa shape index (κ1) is 15.0. The summed E-state index contributed by atoms with van der Waals surface area (Å²) in [4.78, 5) is 25.5. The molecule has 6 heteroatoms. The smallest absolute Gasteiger partial charge is 0.250 e. The summed E-state index contributed by atoms with van der Waals surface area (Å²) in [6.07, 6.45) is 0. The van der Waals surface area contributed by atoms with Gasteiger partial charge >= 0.3 is 0 Å². The zero-order chi connectivity index (χ0) is 15.1. The summed E-state index contributed by atoms with van der Waals surface area (Å²) in [7, 11) is 0. The third-order valence-corrected chi connectivity index (χ3v) is 3.68. The van der Waals surface area contributed by atoms with E-state index in [1.807, 2.05) is 20.8 Å². The van der Waals surface area contributed by atoms with Gasteiger partial charge in [0, 0.05) is 4.47 Å². The number of benzene rings is 1. The summed E-state index contributed by atoms with van der Waals surface area (Å²) < 4.78 is 14.6. The summed E-state index contributed by atoms with van der Waals surface area (Å²) in [5, 5.41) is 2.67. The van der Waals surface area contributed by atoms with Gasteiger partial charge < -0.3 is 5.32 Å². The second kappa shape index (κ2) is 5.16. The van der Waals surface area contributed by atoms with Gasteiger partial charge in [0.05, 0.1) is 5.69 Å². The molecule has 2 amide bonds. The first-order chi connectivity index (χ1) is 9.20. The minimum absolute atomic E-state index is 0.127. The lowest BCUT2D eigenvalue weighted by Gasteiger charge is -2.38. The van der Waals surface area contributed by atoms with E-state index >= 15 is 0 Å². The SMILES string of the molecule is CC(C)(C)C1NC(=O)CN(c2ccc(Br)cc2F)C1=O. The monoisotopic (exact) mass is 342 g/mol. The van der Waals surface area contributed by atoms with Crippen LogP contribution >= 0.6 is 15.9 Å². The molecule has 0 bridgehead atoms. The summed E-state index contributed by atoms with van der Waals surface area (Å²) >= 11 is 3.17. The maximum Gasteiger partial charge on any atom is 0.250 e. The molecule has 0 saturated carbocycles. The second-order valence-corrected chi connectivity index (χ2v) is 6.80. The topological polar surface area (TPSA) is 49.4 Å². The number of hydrogen-bond acceptors (Lipinski definition) is 2. The lowest BCUT2D eigenvalue weighted by atomic mass is 9.84. The number of amides is 2. The van der Waals surface area contributed by atoms with Gasteiger partial charge in [-0.2, -0.15) is 0 Å². The molecule has 20 heavy (non-hydrogen) atoms. The van der Waals surface area contributed by atoms with E-state index < -0.39 is 17.3 Å². The van der Waals surface area contributed by atoms with Gasteiger partial charge in [0.1, 0.15) is 18.4 Å². The number of halogens is 2. The van der Waals surface area contributed by atoms with E-state index in [9.17, 15) is 14.0 Å². The van der Waals surface area contributed by atoms with Gasteiger partial charge in [0.2, 0.25) is 5.91 Å². The molecule has 1 aromatic carbocycles. The molecule has 108 valence electrons. The fraction of sp³-hybridized carbons (Fsp3) is 0.429. The van der Waals surface area contributed by atoms with Crippen molar-refractivity contribution in [3.8, 4) is 0 Å². The maximum atomic E-state index is 14.0. The molecule has 1 atom stereocenters. The Labute approximate surface area is 125 Å². The predicted molar refractivity (Wildman–Crippen MR) is 77.8 cm³/mol. The number of hydrogen-bond donors (Lipinski definition) is 1. The zero-order valence-corrected chi connectivity index (χ0v) is 13.1. The van der Waals surface area contributed by atoms with Crippen LogP contribution in [0.25, 0.3) is 0 Å². The lowest BCUT2D eigenvalue weighted by Crippen LogP contribution is -2.62. The molecule has 0 aromatic heterocycles. The summed E-state index contributed by atoms with van der Waals surface area (Å²) in [6.45, 7) is 5.41. The van der Waals surface area contributed by atoms with Crippen molar-refractivity contribution in [2.24, 2.45) is 5.41 Å². The average molecular weight is 343 g/mol. The molecule has 0 aliphatic carbocycles. The fourth-order valence-corrected chi connectivity index (χ4v) is 2.47. The van der Waals surface area contributed by atoms with Crippen LogP contribution in [0.1, 0.15) is 20.8 Å². The van der Waals surface area contributed by atoms with Crippen LogP contribution in [0.3, 0.4) is 0 Å². The number of rotatable bonds is 1. The normalized spacial score (nSPS) is 20.1. The molecular weight excluding hydrogens is 327 g/mol. The maximum absolute atomic E-state index is 14.0. The van der Waals surface area contributed by atoms with E-state index in [1.165, 1.54) is 17.0 Å². The molecule has 1 aromatic rings. The molecule has 2 rings (SSSR count). The second-order valence-electron chi connectivity index (χ2n) is 5.89. The Hall–Kier alpha value is -1.43. The van der Waals surface area contributed by atoms with Gasteiger partial charge in [-0.05, 0) is 23.6 Å². The van der Waals surface area contributed by atoms with E-state index in [1.54, 1.807) is 6.07 Å². The summed E-state index contributed by atoms with van der Waals surface area (Å²) in [5.74, 6) is -1.11. The molecule has 1 unspecified atom stereocenters. The van der Waals surface area contributed by atoms with Crippen molar-refractivity contribution in [2.45, 2.75) is 26.8 Å². The van der Waals surface area contributed by atoms with Gasteiger partial charge in [-0.15, -0.1) is 0 Å². The van der Waals surface area contributed by atoms with Crippen molar-refractivity contribution in [3.05, 3.63) is 28.5 Å². The Kier molecular flexibility index (Phi) is 3.86. The number of piperazine rings is 1. The summed E-state index contributed by atoms with van der Waals surface area (Å²) in [6, 6.07) is 3.76. The molecule has 0 spiro atoms. The number of anilines is 1. The van der Waals surface area contributed by atoms with Crippen LogP contribution in [0.4, 0.5) is 10.1 Å². The highest BCUT2D eigenvalue weighted by Crippen LogP contribution is 2.29. The van der Waals surface area contributed by atoms with E-state index in [-0.39, 0.29) is 24.0 Å². The van der Waals surface area contributed by atoms with Crippen molar-refractivity contribution < 1.29 is 14.0 Å². The van der Waals surface area contributed by atoms with Crippen LogP contribution in [-0.4, -0.2) is 24.4 Å². The first-order valence-corrected chi connectivity index (χ1v) is 7.05. The summed E-state index contributed by atoms with van der Waals surface area (Å²) in [5.41, 5.74) is -0.306. The molecular formula is C14H16BrFN2O2. The van der Waals surface area contributed by atoms with Gasteiger partial charge in [0.15, 0.2) is 0 Å². The number of carbonyl (C=O) groups is 2. The highest BCUT2D eigenvalue weighted by Gasteiger charge is 2.41.